The Kier molecular flexibility index (Phi) is 5.01. The minimum Gasteiger partial charge on any atom is -0.515 e. The van der Waals surface area contributed by atoms with Gasteiger partial charge < -0.3 is 5.11 Å². The van der Waals surface area contributed by atoms with Gasteiger partial charge >= 0.3 is 0 Å². The highest BCUT2D eigenvalue weighted by Gasteiger charge is 2.38. The normalized spacial score (nSPS) is 19.9. The van der Waals surface area contributed by atoms with Crippen molar-refractivity contribution in [3.8, 4) is 0 Å². The van der Waals surface area contributed by atoms with Crippen LogP contribution in [0.3, 0.4) is 0 Å². The average molecular weight is 359 g/mol. The van der Waals surface area contributed by atoms with Crippen molar-refractivity contribution < 1.29 is 9.90 Å². The highest BCUT2D eigenvalue weighted by atomic mass is 32.2. The number of aryl methyl sites for hydroxylation is 1. The highest BCUT2D eigenvalue weighted by molar-refractivity contribution is 8.14. The van der Waals surface area contributed by atoms with E-state index in [1.807, 2.05) is 31.3 Å². The maximum atomic E-state index is 13.1. The van der Waals surface area contributed by atoms with Gasteiger partial charge in [-0.05, 0) is 12.5 Å². The van der Waals surface area contributed by atoms with Crippen LogP contribution in [0.2, 0.25) is 0 Å². The molecule has 2 heterocycles. The number of hydrogen-bond acceptors (Lipinski definition) is 6. The van der Waals surface area contributed by atoms with Crippen molar-refractivity contribution >= 4 is 39.7 Å². The fourth-order valence-corrected chi connectivity index (χ4v) is 4.67. The first kappa shape index (κ1) is 16.7. The monoisotopic (exact) mass is 359 g/mol. The number of carbonyl (C=O) groups is 1. The Morgan fingerprint density at radius 1 is 1.42 bits per heavy atom. The number of thiazole rings is 1. The number of aliphatic hydroxyl groups is 1. The molecule has 0 unspecified atom stereocenters. The van der Waals surface area contributed by atoms with Gasteiger partial charge in [0.1, 0.15) is 0 Å². The molecule has 1 saturated heterocycles. The Balaban J connectivity index is 1.98. The summed E-state index contributed by atoms with van der Waals surface area (Å²) in [5, 5.41) is 11.3. The highest BCUT2D eigenvalue weighted by Crippen LogP contribution is 2.39. The van der Waals surface area contributed by atoms with Crippen molar-refractivity contribution in [3.63, 3.8) is 0 Å². The summed E-state index contributed by atoms with van der Waals surface area (Å²) in [4.78, 5) is 24.3. The zero-order valence-corrected chi connectivity index (χ0v) is 15.0. The lowest BCUT2D eigenvalue weighted by Gasteiger charge is -2.24. The Morgan fingerprint density at radius 2 is 2.17 bits per heavy atom. The van der Waals surface area contributed by atoms with Crippen LogP contribution in [0.15, 0.2) is 47.8 Å². The summed E-state index contributed by atoms with van der Waals surface area (Å²) in [6.07, 6.45) is 2.69. The van der Waals surface area contributed by atoms with E-state index in [-0.39, 0.29) is 17.5 Å². The van der Waals surface area contributed by atoms with Gasteiger partial charge in [0.05, 0.1) is 22.9 Å². The maximum Gasteiger partial charge on any atom is 0.264 e. The molecule has 1 aromatic heterocycles. The number of aromatic nitrogens is 1. The summed E-state index contributed by atoms with van der Waals surface area (Å²) >= 11 is 3.12. The van der Waals surface area contributed by atoms with Gasteiger partial charge in [-0.25, -0.2) is 4.98 Å². The van der Waals surface area contributed by atoms with Crippen LogP contribution < -0.4 is 0 Å². The molecule has 7 heteroatoms. The molecule has 3 rings (SSSR count). The first-order valence-corrected chi connectivity index (χ1v) is 9.21. The van der Waals surface area contributed by atoms with Gasteiger partial charge in [-0.2, -0.15) is 0 Å². The van der Waals surface area contributed by atoms with Gasteiger partial charge in [0.2, 0.25) is 0 Å². The Morgan fingerprint density at radius 3 is 2.75 bits per heavy atom. The molecule has 24 heavy (non-hydrogen) atoms. The van der Waals surface area contributed by atoms with Crippen LogP contribution in [0.1, 0.15) is 21.5 Å². The predicted octanol–water partition coefficient (Wildman–Crippen LogP) is 3.65. The molecule has 1 aromatic carbocycles. The molecule has 1 aliphatic heterocycles. The van der Waals surface area contributed by atoms with Gasteiger partial charge in [-0.15, -0.1) is 11.3 Å². The lowest BCUT2D eigenvalue weighted by atomic mass is 10.1. The predicted molar refractivity (Wildman–Crippen MR) is 99.3 cm³/mol. The Hall–Kier alpha value is -2.12. The third kappa shape index (κ3) is 3.09. The first-order chi connectivity index (χ1) is 11.7. The zero-order valence-electron chi connectivity index (χ0n) is 13.3. The van der Waals surface area contributed by atoms with E-state index < -0.39 is 0 Å². The van der Waals surface area contributed by atoms with Crippen molar-refractivity contribution in [2.75, 3.05) is 12.8 Å². The molecule has 0 radical (unpaired) electrons. The summed E-state index contributed by atoms with van der Waals surface area (Å²) in [5.41, 5.74) is 0.932. The van der Waals surface area contributed by atoms with E-state index in [9.17, 15) is 9.90 Å². The molecule has 1 aliphatic rings. The van der Waals surface area contributed by atoms with E-state index in [0.29, 0.717) is 10.7 Å². The number of thioether (sulfide) groups is 1. The van der Waals surface area contributed by atoms with Crippen molar-refractivity contribution in [3.05, 3.63) is 58.2 Å². The van der Waals surface area contributed by atoms with Crippen molar-refractivity contribution in [1.29, 1.82) is 0 Å². The first-order valence-electron chi connectivity index (χ1n) is 7.41. The van der Waals surface area contributed by atoms with E-state index in [4.69, 9.17) is 0 Å². The maximum absolute atomic E-state index is 13.1. The molecule has 1 fully saturated rings. The molecule has 1 atom stereocenters. The average Bonchev–Trinajstić information content (AvgIpc) is 3.22. The van der Waals surface area contributed by atoms with Crippen LogP contribution in [-0.2, 0) is 4.79 Å². The fourth-order valence-electron chi connectivity index (χ4n) is 2.57. The van der Waals surface area contributed by atoms with Gasteiger partial charge in [0, 0.05) is 23.9 Å². The summed E-state index contributed by atoms with van der Waals surface area (Å²) in [6, 6.07) is 9.03. The van der Waals surface area contributed by atoms with Crippen LogP contribution >= 0.6 is 23.1 Å². The molecule has 5 nitrogen and oxygen atoms in total. The number of amides is 1. The number of hydrogen-bond donors (Lipinski definition) is 1. The lowest BCUT2D eigenvalue weighted by molar-refractivity contribution is -0.122. The molecular weight excluding hydrogens is 342 g/mol. The van der Waals surface area contributed by atoms with E-state index >= 15 is 0 Å². The minimum absolute atomic E-state index is 0.119. The molecule has 0 spiro atoms. The number of aliphatic hydroxyl groups excluding tert-OH is 1. The molecule has 0 aliphatic carbocycles. The number of amidine groups is 1. The molecule has 0 saturated carbocycles. The summed E-state index contributed by atoms with van der Waals surface area (Å²) < 4.78 is 0. The fraction of sp³-hybridized carbons (Fsp3) is 0.235. The molecule has 2 aromatic rings. The third-order valence-electron chi connectivity index (χ3n) is 3.71. The van der Waals surface area contributed by atoms with Crippen LogP contribution in [0.5, 0.6) is 0 Å². The second kappa shape index (κ2) is 7.19. The van der Waals surface area contributed by atoms with Crippen LogP contribution in [-0.4, -0.2) is 38.9 Å². The van der Waals surface area contributed by atoms with Crippen molar-refractivity contribution in [1.82, 2.24) is 9.88 Å². The van der Waals surface area contributed by atoms with E-state index in [1.54, 1.807) is 35.4 Å². The molecule has 124 valence electrons. The number of rotatable bonds is 3. The lowest BCUT2D eigenvalue weighted by Crippen LogP contribution is -2.34. The minimum atomic E-state index is -0.259. The Labute approximate surface area is 148 Å². The van der Waals surface area contributed by atoms with Gasteiger partial charge in [0.15, 0.2) is 5.17 Å². The zero-order chi connectivity index (χ0) is 17.1. The van der Waals surface area contributed by atoms with E-state index in [1.165, 1.54) is 11.8 Å². The summed E-state index contributed by atoms with van der Waals surface area (Å²) in [6.45, 7) is 1.94. The SMILES string of the molecule is C/N=C1\SC[C@H](c2cnc(C)s2)N1C(=O)/C(=C/O)c1ccccc1. The van der Waals surface area contributed by atoms with E-state index in [2.05, 4.69) is 9.98 Å². The number of nitrogens with zero attached hydrogens (tertiary/aromatic N) is 3. The van der Waals surface area contributed by atoms with Crippen LogP contribution in [0, 0.1) is 6.92 Å². The number of benzene rings is 1. The smallest absolute Gasteiger partial charge is 0.264 e. The number of aliphatic imine (C=N–C) groups is 1. The second-order valence-electron chi connectivity index (χ2n) is 5.20. The van der Waals surface area contributed by atoms with E-state index in [0.717, 1.165) is 21.9 Å². The number of carbonyl (C=O) groups excluding carboxylic acids is 1. The van der Waals surface area contributed by atoms with Crippen molar-refractivity contribution in [2.24, 2.45) is 4.99 Å². The molecule has 0 bridgehead atoms. The van der Waals surface area contributed by atoms with Crippen molar-refractivity contribution in [2.45, 2.75) is 13.0 Å². The van der Waals surface area contributed by atoms with Gasteiger partial charge in [0.25, 0.3) is 5.91 Å². The Bertz CT molecular complexity index is 799. The second-order valence-corrected chi connectivity index (χ2v) is 7.45. The third-order valence-corrected chi connectivity index (χ3v) is 5.84. The molecular formula is C17H17N3O2S2. The largest absolute Gasteiger partial charge is 0.515 e. The molecule has 1 N–H and O–H groups in total. The van der Waals surface area contributed by atoms with Gasteiger partial charge in [-0.3, -0.25) is 14.7 Å². The topological polar surface area (TPSA) is 65.8 Å². The van der Waals surface area contributed by atoms with Gasteiger partial charge in [-0.1, -0.05) is 42.1 Å². The molecule has 1 amide bonds. The quantitative estimate of drug-likeness (QED) is 0.671. The standard InChI is InChI=1S/C17H17N3O2S2/c1-11-19-8-15(24-11)14-10-23-17(18-2)20(14)16(22)13(9-21)12-6-4-3-5-7-12/h3-9,14,21H,10H2,1-2H3/b13-9+,18-17-/t14-/m1/s1. The van der Waals surface area contributed by atoms with Crippen LogP contribution in [0.4, 0.5) is 0 Å². The summed E-state index contributed by atoms with van der Waals surface area (Å²) in [5.74, 6) is 0.471. The summed E-state index contributed by atoms with van der Waals surface area (Å²) in [7, 11) is 1.67. The van der Waals surface area contributed by atoms with Crippen LogP contribution in [0.25, 0.3) is 5.57 Å².